The van der Waals surface area contributed by atoms with Crippen LogP contribution in [-0.2, 0) is 26.8 Å². The number of sulfone groups is 1. The summed E-state index contributed by atoms with van der Waals surface area (Å²) in [6.07, 6.45) is -7.08. The molecule has 1 aliphatic heterocycles. The van der Waals surface area contributed by atoms with Gasteiger partial charge in [-0.15, -0.1) is 0 Å². The van der Waals surface area contributed by atoms with Gasteiger partial charge in [0.25, 0.3) is 0 Å². The van der Waals surface area contributed by atoms with Crippen LogP contribution in [0.4, 0.5) is 17.6 Å². The Kier molecular flexibility index (Phi) is 3.63. The van der Waals surface area contributed by atoms with Crippen molar-refractivity contribution in [2.24, 2.45) is 0 Å². The lowest BCUT2D eigenvalue weighted by atomic mass is 10.1. The molecule has 1 aliphatic rings. The molecule has 3 heterocycles. The molecule has 1 aromatic carbocycles. The molecule has 4 rings (SSSR count). The Labute approximate surface area is 149 Å². The molecule has 0 radical (unpaired) electrons. The van der Waals surface area contributed by atoms with E-state index >= 15 is 0 Å². The lowest BCUT2D eigenvalue weighted by Crippen LogP contribution is -2.17. The second-order valence-electron chi connectivity index (χ2n) is 5.77. The van der Waals surface area contributed by atoms with Crippen LogP contribution in [0.25, 0.3) is 22.7 Å². The van der Waals surface area contributed by atoms with E-state index in [9.17, 15) is 26.0 Å². The number of nitrogens with zero attached hydrogens (tertiary/aromatic N) is 2. The maximum atomic E-state index is 13.7. The van der Waals surface area contributed by atoms with E-state index in [1.807, 2.05) is 0 Å². The van der Waals surface area contributed by atoms with Gasteiger partial charge in [-0.25, -0.2) is 23.1 Å². The predicted molar refractivity (Wildman–Crippen MR) is 83.8 cm³/mol. The molecule has 6 nitrogen and oxygen atoms in total. The van der Waals surface area contributed by atoms with Gasteiger partial charge in [-0.3, -0.25) is 0 Å². The highest BCUT2D eigenvalue weighted by Crippen LogP contribution is 2.52. The van der Waals surface area contributed by atoms with Crippen LogP contribution in [-0.4, -0.2) is 24.1 Å². The molecule has 0 unspecified atom stereocenters. The van der Waals surface area contributed by atoms with Gasteiger partial charge in [0.05, 0.1) is 21.8 Å². The molecule has 0 spiro atoms. The predicted octanol–water partition coefficient (Wildman–Crippen LogP) is 3.81. The van der Waals surface area contributed by atoms with Crippen molar-refractivity contribution in [1.29, 1.82) is 0 Å². The minimum absolute atomic E-state index is 0.134. The lowest BCUT2D eigenvalue weighted by Gasteiger charge is -2.10. The first-order chi connectivity index (χ1) is 12.5. The molecular weight excluding hydrogens is 392 g/mol. The summed E-state index contributed by atoms with van der Waals surface area (Å²) >= 11 is 0. The van der Waals surface area contributed by atoms with Crippen LogP contribution in [0.15, 0.2) is 39.8 Å². The van der Waals surface area contributed by atoms with E-state index in [0.717, 1.165) is 6.07 Å². The molecule has 0 saturated heterocycles. The van der Waals surface area contributed by atoms with Crippen molar-refractivity contribution in [1.82, 2.24) is 9.97 Å². The fourth-order valence-corrected chi connectivity index (χ4v) is 3.82. The average molecular weight is 402 g/mol. The van der Waals surface area contributed by atoms with Crippen LogP contribution in [0.2, 0.25) is 0 Å². The van der Waals surface area contributed by atoms with Crippen molar-refractivity contribution in [2.75, 3.05) is 5.75 Å². The number of rotatable bonds is 3. The van der Waals surface area contributed by atoms with Crippen molar-refractivity contribution in [2.45, 2.75) is 24.0 Å². The van der Waals surface area contributed by atoms with E-state index in [1.54, 1.807) is 0 Å². The molecule has 0 amide bonds. The Hall–Kier alpha value is -2.53. The van der Waals surface area contributed by atoms with Crippen LogP contribution in [0.1, 0.15) is 18.1 Å². The highest BCUT2D eigenvalue weighted by atomic mass is 32.2. The van der Waals surface area contributed by atoms with Gasteiger partial charge in [0.15, 0.2) is 15.4 Å². The number of hydrogen-bond donors (Lipinski definition) is 0. The van der Waals surface area contributed by atoms with Gasteiger partial charge in [0.2, 0.25) is 5.89 Å². The van der Waals surface area contributed by atoms with E-state index in [2.05, 4.69) is 14.7 Å². The summed E-state index contributed by atoms with van der Waals surface area (Å²) < 4.78 is 88.1. The molecule has 27 heavy (non-hydrogen) atoms. The van der Waals surface area contributed by atoms with Crippen molar-refractivity contribution in [3.63, 3.8) is 0 Å². The van der Waals surface area contributed by atoms with Crippen LogP contribution in [0.3, 0.4) is 0 Å². The number of oxazole rings is 1. The molecular formula is C16H10F4N2O4S. The number of hydrogen-bond acceptors (Lipinski definition) is 6. The summed E-state index contributed by atoms with van der Waals surface area (Å²) in [4.78, 5) is 7.73. The quantitative estimate of drug-likeness (QED) is 0.620. The van der Waals surface area contributed by atoms with Crippen LogP contribution >= 0.6 is 0 Å². The first kappa shape index (κ1) is 17.9. The average Bonchev–Trinajstić information content (AvgIpc) is 3.09. The number of ether oxygens (including phenoxy) is 1. The van der Waals surface area contributed by atoms with E-state index in [4.69, 9.17) is 4.42 Å². The molecule has 11 heteroatoms. The van der Waals surface area contributed by atoms with Crippen LogP contribution in [0, 0.1) is 0 Å². The maximum Gasteiger partial charge on any atom is 0.388 e. The number of fused-ring (bicyclic) bond motifs is 2. The fourth-order valence-electron chi connectivity index (χ4n) is 2.79. The number of halogens is 4. The number of pyridine rings is 1. The maximum absolute atomic E-state index is 13.7. The molecule has 0 fully saturated rings. The Balaban J connectivity index is 1.93. The zero-order chi connectivity index (χ0) is 19.6. The third kappa shape index (κ3) is 2.69. The molecule has 3 aromatic rings. The van der Waals surface area contributed by atoms with Gasteiger partial charge in [0, 0.05) is 6.20 Å². The minimum atomic E-state index is -4.19. The summed E-state index contributed by atoms with van der Waals surface area (Å²) in [6, 6.07) is 4.14. The molecule has 0 aliphatic carbocycles. The first-order valence-electron chi connectivity index (χ1n) is 7.64. The molecule has 0 bridgehead atoms. The normalized spacial score (nSPS) is 18.0. The summed E-state index contributed by atoms with van der Waals surface area (Å²) in [5, 5.41) is 0. The van der Waals surface area contributed by atoms with E-state index < -0.39 is 33.2 Å². The highest BCUT2D eigenvalue weighted by molar-refractivity contribution is 7.91. The van der Waals surface area contributed by atoms with Crippen molar-refractivity contribution in [3.8, 4) is 11.6 Å². The smallest absolute Gasteiger partial charge is 0.388 e. The molecule has 0 N–H and O–H groups in total. The second kappa shape index (κ2) is 5.49. The topological polar surface area (TPSA) is 82.3 Å². The van der Waals surface area contributed by atoms with Gasteiger partial charge < -0.3 is 4.42 Å². The van der Waals surface area contributed by atoms with Gasteiger partial charge >= 0.3 is 12.2 Å². The van der Waals surface area contributed by atoms with Crippen LogP contribution in [0.5, 0.6) is 0 Å². The number of aromatic nitrogens is 2. The summed E-state index contributed by atoms with van der Waals surface area (Å²) in [5.74, 6) is -0.496. The van der Waals surface area contributed by atoms with Crippen molar-refractivity contribution < 1.29 is 35.1 Å². The standard InChI is InChI=1S/C16H10F4N2O4S/c1-2-27(23,24)12-4-3-5-21-13(12)14-22-10-6-8-9(7-11(10)25-14)16(19,20)26-15(8,17)18/h3-7H,2H2,1H3. The van der Waals surface area contributed by atoms with Gasteiger partial charge in [-0.1, -0.05) is 6.92 Å². The minimum Gasteiger partial charge on any atom is -0.435 e. The SMILES string of the molecule is CCS(=O)(=O)c1cccnc1-c1nc2cc3c(cc2o1)C(F)(F)OC3(F)F. The van der Waals surface area contributed by atoms with Gasteiger partial charge in [0.1, 0.15) is 11.2 Å². The van der Waals surface area contributed by atoms with E-state index in [0.29, 0.717) is 6.07 Å². The molecule has 142 valence electrons. The lowest BCUT2D eigenvalue weighted by molar-refractivity contribution is -0.369. The Morgan fingerprint density at radius 2 is 1.78 bits per heavy atom. The summed E-state index contributed by atoms with van der Waals surface area (Å²) in [5.41, 5.74) is -2.58. The second-order valence-corrected chi connectivity index (χ2v) is 8.02. The number of alkyl halides is 4. The monoisotopic (exact) mass is 402 g/mol. The zero-order valence-corrected chi connectivity index (χ0v) is 14.4. The van der Waals surface area contributed by atoms with Crippen molar-refractivity contribution >= 4 is 20.9 Å². The Morgan fingerprint density at radius 1 is 1.11 bits per heavy atom. The number of benzene rings is 1. The third-order valence-corrected chi connectivity index (χ3v) is 5.86. The fraction of sp³-hybridized carbons (Fsp3) is 0.250. The molecule has 0 atom stereocenters. The van der Waals surface area contributed by atoms with Crippen molar-refractivity contribution in [3.05, 3.63) is 41.6 Å². The van der Waals surface area contributed by atoms with Gasteiger partial charge in [-0.2, -0.15) is 17.6 Å². The highest BCUT2D eigenvalue weighted by Gasteiger charge is 2.57. The summed E-state index contributed by atoms with van der Waals surface area (Å²) in [6.45, 7) is 1.44. The summed E-state index contributed by atoms with van der Waals surface area (Å²) in [7, 11) is -3.68. The molecule has 2 aromatic heterocycles. The first-order valence-corrected chi connectivity index (χ1v) is 9.30. The molecule has 0 saturated carbocycles. The Bertz CT molecular complexity index is 1120. The van der Waals surface area contributed by atoms with Crippen LogP contribution < -0.4 is 0 Å². The largest absolute Gasteiger partial charge is 0.435 e. The van der Waals surface area contributed by atoms with E-state index in [1.165, 1.54) is 25.3 Å². The zero-order valence-electron chi connectivity index (χ0n) is 13.5. The van der Waals surface area contributed by atoms with Gasteiger partial charge in [-0.05, 0) is 24.3 Å². The Morgan fingerprint density at radius 3 is 2.44 bits per heavy atom. The third-order valence-electron chi connectivity index (χ3n) is 4.10. The van der Waals surface area contributed by atoms with E-state index in [-0.39, 0.29) is 33.3 Å².